The second kappa shape index (κ2) is 10.5. The standard InChI is InChI=1S/C33H37N5O3/c1-22(2)24-10-12-27(13-11-24)33(40,32(3)20-37(4)21-32)28-14-25(16-34-17-28)30-35-31(41-36-30)26-15-29(39)38(19-26)18-23-8-6-5-7-9-23/h5-14,16-17,22,26,40H,15,18-21H2,1-4H3. The van der Waals surface area contributed by atoms with Crippen molar-refractivity contribution in [3.8, 4) is 11.4 Å². The van der Waals surface area contributed by atoms with Gasteiger partial charge in [-0.3, -0.25) is 9.78 Å². The van der Waals surface area contributed by atoms with E-state index in [0.717, 1.165) is 24.2 Å². The second-order valence-electron chi connectivity index (χ2n) is 12.3. The number of benzene rings is 2. The Morgan fingerprint density at radius 2 is 1.80 bits per heavy atom. The lowest BCUT2D eigenvalue weighted by Crippen LogP contribution is -2.63. The van der Waals surface area contributed by atoms with Gasteiger partial charge >= 0.3 is 0 Å². The fourth-order valence-corrected chi connectivity index (χ4v) is 6.52. The van der Waals surface area contributed by atoms with E-state index in [-0.39, 0.29) is 11.8 Å². The summed E-state index contributed by atoms with van der Waals surface area (Å²) in [6, 6.07) is 20.2. The quantitative estimate of drug-likeness (QED) is 0.331. The zero-order chi connectivity index (χ0) is 28.8. The normalized spacial score (nSPS) is 20.3. The van der Waals surface area contributed by atoms with Crippen LogP contribution < -0.4 is 0 Å². The molecular formula is C33H37N5O3. The Hall–Kier alpha value is -3.88. The smallest absolute Gasteiger partial charge is 0.232 e. The van der Waals surface area contributed by atoms with Gasteiger partial charge in [0.15, 0.2) is 0 Å². The molecule has 2 atom stereocenters. The van der Waals surface area contributed by atoms with Gasteiger partial charge in [-0.25, -0.2) is 0 Å². The highest BCUT2D eigenvalue weighted by Crippen LogP contribution is 2.50. The number of likely N-dealkylation sites (tertiary alicyclic amines) is 2. The molecule has 2 aromatic carbocycles. The van der Waals surface area contributed by atoms with Crippen molar-refractivity contribution >= 4 is 5.91 Å². The van der Waals surface area contributed by atoms with Crippen LogP contribution in [0.3, 0.4) is 0 Å². The van der Waals surface area contributed by atoms with Gasteiger partial charge in [0.05, 0.1) is 5.92 Å². The SMILES string of the molecule is CC(C)c1ccc(C(O)(c2cncc(-c3noc(C4CC(=O)N(Cc5ccccc5)C4)n3)c2)C2(C)CN(C)C2)cc1. The Bertz CT molecular complexity index is 1530. The summed E-state index contributed by atoms with van der Waals surface area (Å²) in [5, 5.41) is 16.8. The van der Waals surface area contributed by atoms with E-state index in [1.165, 1.54) is 5.56 Å². The molecule has 1 amide bonds. The Kier molecular flexibility index (Phi) is 6.99. The predicted molar refractivity (Wildman–Crippen MR) is 156 cm³/mol. The van der Waals surface area contributed by atoms with Gasteiger partial charge in [-0.15, -0.1) is 0 Å². The molecule has 212 valence electrons. The van der Waals surface area contributed by atoms with Gasteiger partial charge in [0, 0.05) is 61.5 Å². The Balaban J connectivity index is 1.28. The van der Waals surface area contributed by atoms with Crippen molar-refractivity contribution in [3.63, 3.8) is 0 Å². The molecule has 2 aliphatic rings. The molecule has 0 saturated carbocycles. The number of amides is 1. The van der Waals surface area contributed by atoms with E-state index in [9.17, 15) is 9.90 Å². The summed E-state index contributed by atoms with van der Waals surface area (Å²) in [4.78, 5) is 26.0. The lowest BCUT2D eigenvalue weighted by Gasteiger charge is -2.55. The van der Waals surface area contributed by atoms with Crippen LogP contribution in [-0.2, 0) is 16.9 Å². The molecule has 2 saturated heterocycles. The molecule has 4 heterocycles. The molecule has 0 spiro atoms. The summed E-state index contributed by atoms with van der Waals surface area (Å²) in [7, 11) is 2.06. The highest BCUT2D eigenvalue weighted by molar-refractivity contribution is 5.79. The molecule has 1 N–H and O–H groups in total. The predicted octanol–water partition coefficient (Wildman–Crippen LogP) is 4.96. The molecule has 0 aliphatic carbocycles. The van der Waals surface area contributed by atoms with Crippen LogP contribution in [0.4, 0.5) is 0 Å². The van der Waals surface area contributed by atoms with Crippen LogP contribution in [0.2, 0.25) is 0 Å². The first-order chi connectivity index (χ1) is 19.7. The van der Waals surface area contributed by atoms with Crippen LogP contribution in [0.5, 0.6) is 0 Å². The molecule has 8 nitrogen and oxygen atoms in total. The third-order valence-electron chi connectivity index (χ3n) is 8.74. The summed E-state index contributed by atoms with van der Waals surface area (Å²) in [6.45, 7) is 9.05. The van der Waals surface area contributed by atoms with Crippen LogP contribution in [0, 0.1) is 5.41 Å². The summed E-state index contributed by atoms with van der Waals surface area (Å²) < 4.78 is 5.67. The van der Waals surface area contributed by atoms with E-state index in [2.05, 4.69) is 60.0 Å². The van der Waals surface area contributed by atoms with Gasteiger partial charge in [-0.05, 0) is 35.7 Å². The fraction of sp³-hybridized carbons (Fsp3) is 0.394. The van der Waals surface area contributed by atoms with Crippen LogP contribution in [-0.4, -0.2) is 62.6 Å². The Morgan fingerprint density at radius 3 is 2.49 bits per heavy atom. The van der Waals surface area contributed by atoms with Gasteiger partial charge in [-0.2, -0.15) is 4.98 Å². The van der Waals surface area contributed by atoms with E-state index in [1.54, 1.807) is 12.4 Å². The van der Waals surface area contributed by atoms with Gasteiger partial charge in [0.1, 0.15) is 5.60 Å². The number of nitrogens with zero attached hydrogens (tertiary/aromatic N) is 5. The molecule has 2 aromatic heterocycles. The topological polar surface area (TPSA) is 95.6 Å². The minimum atomic E-state index is -1.26. The maximum atomic E-state index is 12.7. The first-order valence-corrected chi connectivity index (χ1v) is 14.3. The number of carbonyl (C=O) groups is 1. The Morgan fingerprint density at radius 1 is 1.07 bits per heavy atom. The maximum Gasteiger partial charge on any atom is 0.232 e. The van der Waals surface area contributed by atoms with Crippen molar-refractivity contribution in [3.05, 3.63) is 101 Å². The monoisotopic (exact) mass is 551 g/mol. The first-order valence-electron chi connectivity index (χ1n) is 14.3. The van der Waals surface area contributed by atoms with E-state index in [4.69, 9.17) is 4.52 Å². The van der Waals surface area contributed by atoms with Gasteiger partial charge in [0.2, 0.25) is 17.6 Å². The maximum absolute atomic E-state index is 12.7. The largest absolute Gasteiger partial charge is 0.380 e. The van der Waals surface area contributed by atoms with Gasteiger partial charge in [-0.1, -0.05) is 80.5 Å². The van der Waals surface area contributed by atoms with Crippen molar-refractivity contribution in [2.24, 2.45) is 5.41 Å². The molecule has 4 aromatic rings. The summed E-state index contributed by atoms with van der Waals surface area (Å²) >= 11 is 0. The first kappa shape index (κ1) is 27.3. The van der Waals surface area contributed by atoms with Crippen LogP contribution >= 0.6 is 0 Å². The summed E-state index contributed by atoms with van der Waals surface area (Å²) in [5.74, 6) is 1.16. The minimum Gasteiger partial charge on any atom is -0.380 e. The second-order valence-corrected chi connectivity index (χ2v) is 12.3. The van der Waals surface area contributed by atoms with Crippen LogP contribution in [0.15, 0.2) is 77.6 Å². The fourth-order valence-electron chi connectivity index (χ4n) is 6.52. The average Bonchev–Trinajstić information content (AvgIpc) is 3.60. The highest BCUT2D eigenvalue weighted by atomic mass is 16.5. The van der Waals surface area contributed by atoms with Crippen molar-refractivity contribution in [1.29, 1.82) is 0 Å². The van der Waals surface area contributed by atoms with E-state index >= 15 is 0 Å². The average molecular weight is 552 g/mol. The van der Waals surface area contributed by atoms with E-state index in [0.29, 0.717) is 48.3 Å². The minimum absolute atomic E-state index is 0.0783. The molecular weight excluding hydrogens is 514 g/mol. The molecule has 2 fully saturated rings. The molecule has 0 bridgehead atoms. The van der Waals surface area contributed by atoms with Gasteiger partial charge in [0.25, 0.3) is 0 Å². The van der Waals surface area contributed by atoms with Crippen molar-refractivity contribution in [2.75, 3.05) is 26.7 Å². The van der Waals surface area contributed by atoms with Crippen LogP contribution in [0.25, 0.3) is 11.4 Å². The summed E-state index contributed by atoms with van der Waals surface area (Å²) in [6.07, 6.45) is 3.77. The molecule has 2 unspecified atom stereocenters. The number of aliphatic hydroxyl groups is 1. The number of carbonyl (C=O) groups excluding carboxylic acids is 1. The van der Waals surface area contributed by atoms with Crippen molar-refractivity contribution < 1.29 is 14.4 Å². The van der Waals surface area contributed by atoms with Crippen molar-refractivity contribution in [2.45, 2.75) is 51.2 Å². The van der Waals surface area contributed by atoms with Crippen molar-refractivity contribution in [1.82, 2.24) is 24.9 Å². The Labute approximate surface area is 241 Å². The zero-order valence-electron chi connectivity index (χ0n) is 24.1. The lowest BCUT2D eigenvalue weighted by atomic mass is 9.62. The third kappa shape index (κ3) is 4.96. The number of hydrogen-bond donors (Lipinski definition) is 1. The number of hydrogen-bond acceptors (Lipinski definition) is 7. The summed E-state index contributed by atoms with van der Waals surface area (Å²) in [5.41, 5.74) is 2.85. The van der Waals surface area contributed by atoms with Gasteiger partial charge < -0.3 is 19.4 Å². The molecule has 2 aliphatic heterocycles. The highest BCUT2D eigenvalue weighted by Gasteiger charge is 2.55. The van der Waals surface area contributed by atoms with E-state index in [1.807, 2.05) is 53.4 Å². The number of rotatable bonds is 8. The molecule has 8 heteroatoms. The number of pyridine rings is 1. The zero-order valence-corrected chi connectivity index (χ0v) is 24.1. The molecule has 0 radical (unpaired) electrons. The number of aromatic nitrogens is 3. The van der Waals surface area contributed by atoms with Crippen LogP contribution in [0.1, 0.15) is 67.2 Å². The van der Waals surface area contributed by atoms with E-state index < -0.39 is 11.0 Å². The molecule has 6 rings (SSSR count). The molecule has 41 heavy (non-hydrogen) atoms. The third-order valence-corrected chi connectivity index (χ3v) is 8.74. The lowest BCUT2D eigenvalue weighted by molar-refractivity contribution is -0.128.